The molecule has 2 aromatic rings. The number of rotatable bonds is 7. The van der Waals surface area contributed by atoms with Gasteiger partial charge in [0.2, 0.25) is 11.8 Å². The molecular formula is C21H28FN3O3. The van der Waals surface area contributed by atoms with E-state index in [9.17, 15) is 9.18 Å². The molecule has 0 saturated carbocycles. The van der Waals surface area contributed by atoms with Crippen LogP contribution in [0.15, 0.2) is 28.8 Å². The van der Waals surface area contributed by atoms with Crippen molar-refractivity contribution >= 4 is 11.8 Å². The summed E-state index contributed by atoms with van der Waals surface area (Å²) in [6.45, 7) is 9.32. The third-order valence-corrected chi connectivity index (χ3v) is 4.97. The van der Waals surface area contributed by atoms with Crippen molar-refractivity contribution in [1.29, 1.82) is 0 Å². The molecule has 1 aliphatic rings. The van der Waals surface area contributed by atoms with E-state index in [1.165, 1.54) is 6.07 Å². The summed E-state index contributed by atoms with van der Waals surface area (Å²) in [4.78, 5) is 16.1. The summed E-state index contributed by atoms with van der Waals surface area (Å²) in [6.07, 6.45) is 0.896. The van der Waals surface area contributed by atoms with Gasteiger partial charge >= 0.3 is 0 Å². The number of hydrogen-bond donors (Lipinski definition) is 0. The van der Waals surface area contributed by atoms with Crippen molar-refractivity contribution in [3.8, 4) is 11.3 Å². The van der Waals surface area contributed by atoms with Crippen molar-refractivity contribution in [2.75, 3.05) is 37.7 Å². The largest absolute Gasteiger partial charge is 0.378 e. The van der Waals surface area contributed by atoms with E-state index in [-0.39, 0.29) is 11.7 Å². The summed E-state index contributed by atoms with van der Waals surface area (Å²) >= 11 is 0. The molecule has 0 radical (unpaired) electrons. The summed E-state index contributed by atoms with van der Waals surface area (Å²) in [6, 6.07) is 6.51. The fourth-order valence-corrected chi connectivity index (χ4v) is 3.28. The molecule has 1 fully saturated rings. The number of morpholine rings is 1. The number of nitrogens with zero attached hydrogens (tertiary/aromatic N) is 3. The number of carbonyl (C=O) groups is 1. The van der Waals surface area contributed by atoms with Crippen LogP contribution in [0.5, 0.6) is 0 Å². The number of amides is 1. The maximum Gasteiger partial charge on any atom is 0.233 e. The quantitative estimate of drug-likeness (QED) is 0.722. The Labute approximate surface area is 165 Å². The van der Waals surface area contributed by atoms with Crippen molar-refractivity contribution in [3.05, 3.63) is 35.6 Å². The lowest BCUT2D eigenvalue weighted by Gasteiger charge is -2.28. The van der Waals surface area contributed by atoms with Crippen LogP contribution in [-0.2, 0) is 16.1 Å². The summed E-state index contributed by atoms with van der Waals surface area (Å²) in [5, 5.41) is 4.19. The van der Waals surface area contributed by atoms with Crippen molar-refractivity contribution in [2.24, 2.45) is 5.92 Å². The third kappa shape index (κ3) is 4.70. The van der Waals surface area contributed by atoms with Gasteiger partial charge in [0, 0.05) is 32.1 Å². The zero-order valence-corrected chi connectivity index (χ0v) is 16.8. The molecular weight excluding hydrogens is 361 g/mol. The van der Waals surface area contributed by atoms with Crippen LogP contribution < -0.4 is 4.90 Å². The van der Waals surface area contributed by atoms with E-state index >= 15 is 0 Å². The molecule has 1 aromatic carbocycles. The molecule has 1 aromatic heterocycles. The molecule has 0 unspecified atom stereocenters. The first-order chi connectivity index (χ1) is 13.5. The predicted molar refractivity (Wildman–Crippen MR) is 105 cm³/mol. The minimum Gasteiger partial charge on any atom is -0.378 e. The molecule has 0 spiro atoms. The number of hydrogen-bond acceptors (Lipinski definition) is 5. The predicted octanol–water partition coefficient (Wildman–Crippen LogP) is 3.71. The summed E-state index contributed by atoms with van der Waals surface area (Å²) in [5.74, 6) is 0.697. The first-order valence-electron chi connectivity index (χ1n) is 9.79. The maximum atomic E-state index is 14.5. The average Bonchev–Trinajstić information content (AvgIpc) is 3.09. The topological polar surface area (TPSA) is 58.8 Å². The van der Waals surface area contributed by atoms with Crippen molar-refractivity contribution in [3.63, 3.8) is 0 Å². The van der Waals surface area contributed by atoms with Crippen LogP contribution in [0, 0.1) is 11.7 Å². The summed E-state index contributed by atoms with van der Waals surface area (Å²) in [5.41, 5.74) is 1.58. The smallest absolute Gasteiger partial charge is 0.233 e. The second kappa shape index (κ2) is 9.19. The standard InChI is InChI=1S/C21H28FN3O3/c1-15(2)8-9-25(16(3)26)14-18-20(17-6-4-5-7-19(17)22)23-28-21(18)24-10-12-27-13-11-24/h4-7,15H,8-14H2,1-3H3. The SMILES string of the molecule is CC(=O)N(CCC(C)C)Cc1c(-c2ccccc2F)noc1N1CCOCC1. The van der Waals surface area contributed by atoms with E-state index in [1.54, 1.807) is 30.0 Å². The maximum absolute atomic E-state index is 14.5. The average molecular weight is 389 g/mol. The molecule has 0 aliphatic carbocycles. The van der Waals surface area contributed by atoms with Crippen LogP contribution in [0.25, 0.3) is 11.3 Å². The number of aromatic nitrogens is 1. The van der Waals surface area contributed by atoms with Crippen molar-refractivity contribution < 1.29 is 18.4 Å². The zero-order chi connectivity index (χ0) is 20.1. The van der Waals surface area contributed by atoms with E-state index in [0.29, 0.717) is 62.5 Å². The molecule has 3 rings (SSSR count). The van der Waals surface area contributed by atoms with Crippen LogP contribution in [-0.4, -0.2) is 48.8 Å². The van der Waals surface area contributed by atoms with E-state index in [1.807, 2.05) is 0 Å². The molecule has 1 saturated heterocycles. The van der Waals surface area contributed by atoms with E-state index < -0.39 is 0 Å². The summed E-state index contributed by atoms with van der Waals surface area (Å²) in [7, 11) is 0. The normalized spacial score (nSPS) is 14.5. The Morgan fingerprint density at radius 1 is 1.29 bits per heavy atom. The lowest BCUT2D eigenvalue weighted by Crippen LogP contribution is -2.37. The van der Waals surface area contributed by atoms with Gasteiger partial charge in [0.1, 0.15) is 11.5 Å². The second-order valence-corrected chi connectivity index (χ2v) is 7.52. The van der Waals surface area contributed by atoms with Gasteiger partial charge < -0.3 is 19.1 Å². The molecule has 152 valence electrons. The van der Waals surface area contributed by atoms with Crippen LogP contribution in [0.3, 0.4) is 0 Å². The first kappa shape index (κ1) is 20.3. The number of benzene rings is 1. The Morgan fingerprint density at radius 3 is 2.64 bits per heavy atom. The molecule has 1 amide bonds. The van der Waals surface area contributed by atoms with Gasteiger partial charge in [-0.2, -0.15) is 0 Å². The molecule has 0 atom stereocenters. The van der Waals surface area contributed by atoms with Gasteiger partial charge in [-0.05, 0) is 24.5 Å². The van der Waals surface area contributed by atoms with Crippen molar-refractivity contribution in [2.45, 2.75) is 33.7 Å². The Kier molecular flexibility index (Phi) is 6.67. The number of anilines is 1. The lowest BCUT2D eigenvalue weighted by atomic mass is 10.1. The zero-order valence-electron chi connectivity index (χ0n) is 16.8. The van der Waals surface area contributed by atoms with E-state index in [2.05, 4.69) is 23.9 Å². The van der Waals surface area contributed by atoms with Crippen LogP contribution in [0.2, 0.25) is 0 Å². The fourth-order valence-electron chi connectivity index (χ4n) is 3.28. The molecule has 0 bridgehead atoms. The van der Waals surface area contributed by atoms with Gasteiger partial charge in [0.15, 0.2) is 0 Å². The molecule has 28 heavy (non-hydrogen) atoms. The molecule has 7 heteroatoms. The first-order valence-corrected chi connectivity index (χ1v) is 9.79. The van der Waals surface area contributed by atoms with Gasteiger partial charge in [-0.15, -0.1) is 0 Å². The van der Waals surface area contributed by atoms with E-state index in [4.69, 9.17) is 9.26 Å². The third-order valence-electron chi connectivity index (χ3n) is 4.97. The molecule has 2 heterocycles. The Bertz CT molecular complexity index is 800. The fraction of sp³-hybridized carbons (Fsp3) is 0.524. The Balaban J connectivity index is 1.98. The number of carbonyl (C=O) groups excluding carboxylic acids is 1. The monoisotopic (exact) mass is 389 g/mol. The minimum atomic E-state index is -0.359. The lowest BCUT2D eigenvalue weighted by molar-refractivity contribution is -0.129. The van der Waals surface area contributed by atoms with Gasteiger partial charge in [-0.1, -0.05) is 31.1 Å². The molecule has 0 N–H and O–H groups in total. The van der Waals surface area contributed by atoms with Gasteiger partial charge in [-0.25, -0.2) is 4.39 Å². The highest BCUT2D eigenvalue weighted by Crippen LogP contribution is 2.34. The van der Waals surface area contributed by atoms with Crippen molar-refractivity contribution in [1.82, 2.24) is 10.1 Å². The number of halogens is 1. The van der Waals surface area contributed by atoms with Crippen LogP contribution >= 0.6 is 0 Å². The van der Waals surface area contributed by atoms with Gasteiger partial charge in [-0.3, -0.25) is 4.79 Å². The number of ether oxygens (including phenoxy) is 1. The highest BCUT2D eigenvalue weighted by molar-refractivity contribution is 5.75. The van der Waals surface area contributed by atoms with E-state index in [0.717, 1.165) is 12.0 Å². The second-order valence-electron chi connectivity index (χ2n) is 7.52. The highest BCUT2D eigenvalue weighted by Gasteiger charge is 2.27. The molecule has 6 nitrogen and oxygen atoms in total. The Hall–Kier alpha value is -2.41. The van der Waals surface area contributed by atoms with Crippen LogP contribution in [0.1, 0.15) is 32.8 Å². The molecule has 1 aliphatic heterocycles. The highest BCUT2D eigenvalue weighted by atomic mass is 19.1. The Morgan fingerprint density at radius 2 is 2.00 bits per heavy atom. The summed E-state index contributed by atoms with van der Waals surface area (Å²) < 4.78 is 25.6. The van der Waals surface area contributed by atoms with Crippen LogP contribution in [0.4, 0.5) is 10.3 Å². The van der Waals surface area contributed by atoms with Gasteiger partial charge in [0.05, 0.1) is 25.3 Å². The van der Waals surface area contributed by atoms with Gasteiger partial charge in [0.25, 0.3) is 0 Å². The minimum absolute atomic E-state index is 0.0192.